The van der Waals surface area contributed by atoms with Crippen LogP contribution in [0.4, 0.5) is 4.79 Å². The van der Waals surface area contributed by atoms with E-state index in [-0.39, 0.29) is 36.5 Å². The van der Waals surface area contributed by atoms with Gasteiger partial charge in [0.1, 0.15) is 11.4 Å². The number of ether oxygens (including phenoxy) is 1. The summed E-state index contributed by atoms with van der Waals surface area (Å²) in [4.78, 5) is 14.4. The van der Waals surface area contributed by atoms with Crippen molar-refractivity contribution in [3.63, 3.8) is 0 Å². The molecule has 0 spiro atoms. The first-order valence-corrected chi connectivity index (χ1v) is 8.73. The highest BCUT2D eigenvalue weighted by Gasteiger charge is 2.45. The summed E-state index contributed by atoms with van der Waals surface area (Å²) >= 11 is 0. The van der Waals surface area contributed by atoms with Gasteiger partial charge >= 0.3 is 6.09 Å². The largest absolute Gasteiger partial charge is 0.507 e. The zero-order chi connectivity index (χ0) is 17.5. The maximum absolute atomic E-state index is 12.5. The van der Waals surface area contributed by atoms with Gasteiger partial charge in [0, 0.05) is 17.6 Å². The molecule has 2 bridgehead atoms. The van der Waals surface area contributed by atoms with Crippen molar-refractivity contribution >= 4 is 6.09 Å². The molecule has 0 aromatic heterocycles. The van der Waals surface area contributed by atoms with Crippen LogP contribution in [0, 0.1) is 0 Å². The van der Waals surface area contributed by atoms with E-state index in [0.29, 0.717) is 5.56 Å². The first-order chi connectivity index (χ1) is 11.3. The van der Waals surface area contributed by atoms with E-state index in [0.717, 1.165) is 31.2 Å². The van der Waals surface area contributed by atoms with E-state index in [1.807, 2.05) is 37.8 Å². The first kappa shape index (κ1) is 17.1. The average molecular weight is 333 g/mol. The second-order valence-electron chi connectivity index (χ2n) is 7.95. The van der Waals surface area contributed by atoms with E-state index in [2.05, 4.69) is 0 Å². The van der Waals surface area contributed by atoms with E-state index in [1.54, 1.807) is 6.07 Å². The number of aliphatic hydroxyl groups is 1. The van der Waals surface area contributed by atoms with Gasteiger partial charge in [-0.2, -0.15) is 0 Å². The van der Waals surface area contributed by atoms with Crippen LogP contribution < -0.4 is 0 Å². The highest BCUT2D eigenvalue weighted by atomic mass is 16.6. The third-order valence-corrected chi connectivity index (χ3v) is 5.10. The van der Waals surface area contributed by atoms with Crippen LogP contribution in [0.15, 0.2) is 18.2 Å². The number of phenols is 1. The highest BCUT2D eigenvalue weighted by Crippen LogP contribution is 2.46. The van der Waals surface area contributed by atoms with Gasteiger partial charge in [0.2, 0.25) is 0 Å². The molecule has 5 nitrogen and oxygen atoms in total. The summed E-state index contributed by atoms with van der Waals surface area (Å²) in [6.07, 6.45) is 3.42. The van der Waals surface area contributed by atoms with E-state index in [1.165, 1.54) is 0 Å². The summed E-state index contributed by atoms with van der Waals surface area (Å²) in [7, 11) is 0. The van der Waals surface area contributed by atoms with Crippen molar-refractivity contribution in [2.75, 3.05) is 0 Å². The molecule has 0 radical (unpaired) electrons. The molecule has 5 heteroatoms. The molecule has 2 aliphatic heterocycles. The predicted octanol–water partition coefficient (Wildman–Crippen LogP) is 3.53. The lowest BCUT2D eigenvalue weighted by molar-refractivity contribution is 0.00579. The SMILES string of the molecule is CC(C)(C)OC(=O)N1C2CCC1CC(c1cccc(CO)c1O)C2. The van der Waals surface area contributed by atoms with Crippen molar-refractivity contribution in [3.05, 3.63) is 29.3 Å². The molecule has 0 saturated carbocycles. The van der Waals surface area contributed by atoms with E-state index in [9.17, 15) is 15.0 Å². The quantitative estimate of drug-likeness (QED) is 0.868. The zero-order valence-corrected chi connectivity index (χ0v) is 14.7. The third kappa shape index (κ3) is 3.22. The Morgan fingerprint density at radius 1 is 1.25 bits per heavy atom. The van der Waals surface area contributed by atoms with Gasteiger partial charge in [-0.15, -0.1) is 0 Å². The van der Waals surface area contributed by atoms with Crippen molar-refractivity contribution in [2.24, 2.45) is 0 Å². The minimum absolute atomic E-state index is 0.163. The van der Waals surface area contributed by atoms with Crippen LogP contribution in [0.5, 0.6) is 5.75 Å². The van der Waals surface area contributed by atoms with Gasteiger partial charge in [0.05, 0.1) is 6.61 Å². The molecule has 2 fully saturated rings. The van der Waals surface area contributed by atoms with Crippen molar-refractivity contribution in [1.82, 2.24) is 4.90 Å². The number of fused-ring (bicyclic) bond motifs is 2. The third-order valence-electron chi connectivity index (χ3n) is 5.10. The average Bonchev–Trinajstić information content (AvgIpc) is 2.76. The lowest BCUT2D eigenvalue weighted by Gasteiger charge is -2.39. The van der Waals surface area contributed by atoms with E-state index < -0.39 is 5.60 Å². The zero-order valence-electron chi connectivity index (χ0n) is 14.7. The minimum Gasteiger partial charge on any atom is -0.507 e. The number of hydrogen-bond donors (Lipinski definition) is 2. The van der Waals surface area contributed by atoms with Gasteiger partial charge < -0.3 is 19.8 Å². The molecule has 3 rings (SSSR count). The fraction of sp³-hybridized carbons (Fsp3) is 0.632. The lowest BCUT2D eigenvalue weighted by Crippen LogP contribution is -2.48. The van der Waals surface area contributed by atoms with Crippen LogP contribution in [0.25, 0.3) is 0 Å². The predicted molar refractivity (Wildman–Crippen MR) is 90.9 cm³/mol. The normalized spacial score (nSPS) is 26.5. The van der Waals surface area contributed by atoms with Gasteiger partial charge in [-0.05, 0) is 57.9 Å². The van der Waals surface area contributed by atoms with Crippen LogP contribution in [-0.4, -0.2) is 38.9 Å². The molecular weight excluding hydrogens is 306 g/mol. The second-order valence-corrected chi connectivity index (χ2v) is 7.95. The van der Waals surface area contributed by atoms with Gasteiger partial charge in [-0.25, -0.2) is 4.79 Å². The van der Waals surface area contributed by atoms with Crippen LogP contribution >= 0.6 is 0 Å². The number of carbonyl (C=O) groups is 1. The molecule has 1 amide bonds. The summed E-state index contributed by atoms with van der Waals surface area (Å²) in [6, 6.07) is 5.88. The number of benzene rings is 1. The summed E-state index contributed by atoms with van der Waals surface area (Å²) in [5.74, 6) is 0.419. The molecule has 24 heavy (non-hydrogen) atoms. The standard InChI is InChI=1S/C19H27NO4/c1-19(2,3)24-18(23)20-14-7-8-15(20)10-13(9-14)16-6-4-5-12(11-21)17(16)22/h4-6,13-15,21-22H,7-11H2,1-3H3. The van der Waals surface area contributed by atoms with Crippen LogP contribution in [0.1, 0.15) is 63.5 Å². The van der Waals surface area contributed by atoms with Crippen molar-refractivity contribution in [1.29, 1.82) is 0 Å². The fourth-order valence-corrected chi connectivity index (χ4v) is 4.11. The Hall–Kier alpha value is -1.75. The molecule has 2 aliphatic rings. The van der Waals surface area contributed by atoms with Gasteiger partial charge in [-0.1, -0.05) is 18.2 Å². The maximum atomic E-state index is 12.5. The number of carbonyl (C=O) groups excluding carboxylic acids is 1. The number of rotatable bonds is 2. The smallest absolute Gasteiger partial charge is 0.410 e. The van der Waals surface area contributed by atoms with Crippen LogP contribution in [0.2, 0.25) is 0 Å². The van der Waals surface area contributed by atoms with Crippen LogP contribution in [-0.2, 0) is 11.3 Å². The highest BCUT2D eigenvalue weighted by molar-refractivity contribution is 5.69. The Morgan fingerprint density at radius 2 is 1.88 bits per heavy atom. The van der Waals surface area contributed by atoms with Gasteiger partial charge in [-0.3, -0.25) is 0 Å². The Labute approximate surface area is 143 Å². The monoisotopic (exact) mass is 333 g/mol. The Bertz CT molecular complexity index is 608. The van der Waals surface area contributed by atoms with E-state index >= 15 is 0 Å². The molecule has 2 unspecified atom stereocenters. The molecule has 1 aromatic rings. The number of piperidine rings is 1. The Kier molecular flexibility index (Phi) is 4.47. The maximum Gasteiger partial charge on any atom is 0.410 e. The summed E-state index contributed by atoms with van der Waals surface area (Å²) < 4.78 is 5.56. The van der Waals surface area contributed by atoms with Crippen molar-refractivity contribution < 1.29 is 19.7 Å². The topological polar surface area (TPSA) is 70.0 Å². The number of aromatic hydroxyl groups is 1. The lowest BCUT2D eigenvalue weighted by atomic mass is 9.84. The Morgan fingerprint density at radius 3 is 2.42 bits per heavy atom. The molecule has 1 aromatic carbocycles. The number of para-hydroxylation sites is 1. The van der Waals surface area contributed by atoms with Gasteiger partial charge in [0.15, 0.2) is 0 Å². The fourth-order valence-electron chi connectivity index (χ4n) is 4.11. The molecule has 2 heterocycles. The van der Waals surface area contributed by atoms with Gasteiger partial charge in [0.25, 0.3) is 0 Å². The molecule has 0 aliphatic carbocycles. The summed E-state index contributed by atoms with van der Waals surface area (Å²) in [6.45, 7) is 5.50. The van der Waals surface area contributed by atoms with Crippen molar-refractivity contribution in [3.8, 4) is 5.75 Å². The second kappa shape index (κ2) is 6.28. The molecule has 2 N–H and O–H groups in total. The molecular formula is C19H27NO4. The number of nitrogens with zero attached hydrogens (tertiary/aromatic N) is 1. The van der Waals surface area contributed by atoms with E-state index in [4.69, 9.17) is 4.74 Å². The molecule has 2 saturated heterocycles. The minimum atomic E-state index is -0.485. The molecule has 2 atom stereocenters. The summed E-state index contributed by atoms with van der Waals surface area (Å²) in [5.41, 5.74) is 0.970. The van der Waals surface area contributed by atoms with Crippen molar-refractivity contribution in [2.45, 2.75) is 76.7 Å². The first-order valence-electron chi connectivity index (χ1n) is 8.73. The molecule has 132 valence electrons. The number of amides is 1. The number of aliphatic hydroxyl groups excluding tert-OH is 1. The van der Waals surface area contributed by atoms with Crippen LogP contribution in [0.3, 0.4) is 0 Å². The number of hydrogen-bond acceptors (Lipinski definition) is 4. The summed E-state index contributed by atoms with van der Waals surface area (Å²) in [5, 5.41) is 19.7. The Balaban J connectivity index is 1.77.